The third-order valence-electron chi connectivity index (χ3n) is 2.93. The van der Waals surface area contributed by atoms with Crippen molar-refractivity contribution in [3.63, 3.8) is 0 Å². The molecule has 1 unspecified atom stereocenters. The summed E-state index contributed by atoms with van der Waals surface area (Å²) < 4.78 is 14.1. The molecule has 106 valence electrons. The summed E-state index contributed by atoms with van der Waals surface area (Å²) >= 11 is 7.05. The maximum Gasteiger partial charge on any atom is 0.137 e. The first-order valence-electron chi connectivity index (χ1n) is 6.42. The number of nitrogens with two attached hydrogens (primary N) is 1. The van der Waals surface area contributed by atoms with Gasteiger partial charge in [0, 0.05) is 17.1 Å². The molecular weight excluding hydrogens is 295 g/mol. The van der Waals surface area contributed by atoms with Gasteiger partial charge in [0.25, 0.3) is 0 Å². The predicted molar refractivity (Wildman–Crippen MR) is 81.7 cm³/mol. The van der Waals surface area contributed by atoms with Crippen molar-refractivity contribution in [1.82, 2.24) is 4.98 Å². The van der Waals surface area contributed by atoms with E-state index < -0.39 is 0 Å². The highest BCUT2D eigenvalue weighted by Gasteiger charge is 2.08. The number of nitrogens with zero attached hydrogens (tertiary/aromatic N) is 1. The fourth-order valence-corrected chi connectivity index (χ4v) is 2.61. The molecule has 1 atom stereocenters. The van der Waals surface area contributed by atoms with E-state index in [1.165, 1.54) is 11.8 Å². The minimum atomic E-state index is -0.243. The van der Waals surface area contributed by atoms with Gasteiger partial charge in [-0.2, -0.15) is 0 Å². The quantitative estimate of drug-likeness (QED) is 0.894. The van der Waals surface area contributed by atoms with E-state index in [4.69, 9.17) is 17.3 Å². The smallest absolute Gasteiger partial charge is 0.137 e. The van der Waals surface area contributed by atoms with Gasteiger partial charge in [0.15, 0.2) is 0 Å². The summed E-state index contributed by atoms with van der Waals surface area (Å²) in [6.07, 6.45) is 3.13. The summed E-state index contributed by atoms with van der Waals surface area (Å²) in [4.78, 5) is 4.69. The second kappa shape index (κ2) is 7.07. The lowest BCUT2D eigenvalue weighted by Crippen LogP contribution is -2.21. The first-order chi connectivity index (χ1) is 9.58. The fourth-order valence-electron chi connectivity index (χ4n) is 1.74. The molecule has 2 nitrogen and oxygen atoms in total. The molecule has 0 spiro atoms. The molecule has 0 bridgehead atoms. The summed E-state index contributed by atoms with van der Waals surface area (Å²) in [5.74, 6) is -0.243. The topological polar surface area (TPSA) is 38.9 Å². The molecule has 2 N–H and O–H groups in total. The Morgan fingerprint density at radius 3 is 2.75 bits per heavy atom. The van der Waals surface area contributed by atoms with Gasteiger partial charge in [-0.1, -0.05) is 36.4 Å². The van der Waals surface area contributed by atoms with Crippen LogP contribution in [0.2, 0.25) is 5.02 Å². The van der Waals surface area contributed by atoms with Crippen molar-refractivity contribution in [1.29, 1.82) is 0 Å². The Labute approximate surface area is 127 Å². The van der Waals surface area contributed by atoms with Gasteiger partial charge in [0.05, 0.1) is 5.02 Å². The van der Waals surface area contributed by atoms with Crippen molar-refractivity contribution in [2.45, 2.75) is 35.7 Å². The Morgan fingerprint density at radius 2 is 2.15 bits per heavy atom. The number of hydrogen-bond donors (Lipinski definition) is 1. The maximum atomic E-state index is 14.1. The molecule has 20 heavy (non-hydrogen) atoms. The SMILES string of the molecule is CCC(N)Cc1ccc(Sc2ccc(Cl)cn2)c(F)c1. The van der Waals surface area contributed by atoms with Gasteiger partial charge in [0.1, 0.15) is 10.8 Å². The highest BCUT2D eigenvalue weighted by Crippen LogP contribution is 2.29. The Kier molecular flexibility index (Phi) is 5.40. The van der Waals surface area contributed by atoms with Crippen LogP contribution in [0.4, 0.5) is 4.39 Å². The van der Waals surface area contributed by atoms with Crippen molar-refractivity contribution in [2.24, 2.45) is 5.73 Å². The molecule has 0 aliphatic rings. The second-order valence-corrected chi connectivity index (χ2v) is 6.05. The molecule has 0 saturated heterocycles. The molecule has 5 heteroatoms. The van der Waals surface area contributed by atoms with E-state index in [9.17, 15) is 4.39 Å². The van der Waals surface area contributed by atoms with Crippen LogP contribution >= 0.6 is 23.4 Å². The minimum Gasteiger partial charge on any atom is -0.327 e. The molecule has 1 aromatic carbocycles. The largest absolute Gasteiger partial charge is 0.327 e. The summed E-state index contributed by atoms with van der Waals surface area (Å²) in [5, 5.41) is 1.28. The Bertz CT molecular complexity index is 575. The number of pyridine rings is 1. The van der Waals surface area contributed by atoms with Crippen LogP contribution in [0.5, 0.6) is 0 Å². The lowest BCUT2D eigenvalue weighted by atomic mass is 10.0. The molecule has 2 aromatic rings. The molecule has 0 amide bonds. The third kappa shape index (κ3) is 4.20. The molecular formula is C15H16ClFN2S. The van der Waals surface area contributed by atoms with E-state index in [2.05, 4.69) is 4.98 Å². The number of aromatic nitrogens is 1. The number of benzene rings is 1. The maximum absolute atomic E-state index is 14.1. The molecule has 0 radical (unpaired) electrons. The molecule has 0 aliphatic carbocycles. The molecule has 1 heterocycles. The van der Waals surface area contributed by atoms with Crippen LogP contribution in [0.3, 0.4) is 0 Å². The van der Waals surface area contributed by atoms with Crippen LogP contribution in [0, 0.1) is 5.82 Å². The zero-order chi connectivity index (χ0) is 14.5. The second-order valence-electron chi connectivity index (χ2n) is 4.55. The van der Waals surface area contributed by atoms with Gasteiger partial charge in [-0.05, 0) is 42.7 Å². The first kappa shape index (κ1) is 15.3. The van der Waals surface area contributed by atoms with Crippen LogP contribution in [-0.4, -0.2) is 11.0 Å². The molecule has 0 fully saturated rings. The molecule has 0 saturated carbocycles. The van der Waals surface area contributed by atoms with Gasteiger partial charge < -0.3 is 5.73 Å². The molecule has 1 aromatic heterocycles. The normalized spacial score (nSPS) is 12.4. The van der Waals surface area contributed by atoms with Gasteiger partial charge in [-0.15, -0.1) is 0 Å². The number of hydrogen-bond acceptors (Lipinski definition) is 3. The Hall–Kier alpha value is -1.10. The van der Waals surface area contributed by atoms with Crippen LogP contribution in [0.1, 0.15) is 18.9 Å². The van der Waals surface area contributed by atoms with Crippen molar-refractivity contribution in [3.05, 3.63) is 52.9 Å². The first-order valence-corrected chi connectivity index (χ1v) is 7.61. The van der Waals surface area contributed by atoms with Crippen molar-refractivity contribution >= 4 is 23.4 Å². The van der Waals surface area contributed by atoms with E-state index in [1.807, 2.05) is 13.0 Å². The standard InChI is InChI=1S/C15H16ClFN2S/c1-2-12(18)7-10-3-5-14(13(17)8-10)20-15-6-4-11(16)9-19-15/h3-6,8-9,12H,2,7,18H2,1H3. The highest BCUT2D eigenvalue weighted by atomic mass is 35.5. The number of halogens is 2. The Morgan fingerprint density at radius 1 is 1.35 bits per heavy atom. The van der Waals surface area contributed by atoms with E-state index in [-0.39, 0.29) is 11.9 Å². The van der Waals surface area contributed by atoms with Crippen LogP contribution in [0.15, 0.2) is 46.5 Å². The summed E-state index contributed by atoms with van der Waals surface area (Å²) in [5.41, 5.74) is 6.80. The third-order valence-corrected chi connectivity index (χ3v) is 4.16. The van der Waals surface area contributed by atoms with Gasteiger partial charge in [-0.25, -0.2) is 9.37 Å². The monoisotopic (exact) mass is 310 g/mol. The fraction of sp³-hybridized carbons (Fsp3) is 0.267. The van der Waals surface area contributed by atoms with Gasteiger partial charge in [-0.3, -0.25) is 0 Å². The van der Waals surface area contributed by atoms with E-state index in [0.29, 0.717) is 21.4 Å². The average molecular weight is 311 g/mol. The predicted octanol–water partition coefficient (Wildman–Crippen LogP) is 4.31. The zero-order valence-corrected chi connectivity index (χ0v) is 12.7. The minimum absolute atomic E-state index is 0.0748. The van der Waals surface area contributed by atoms with Crippen LogP contribution < -0.4 is 5.73 Å². The van der Waals surface area contributed by atoms with Crippen molar-refractivity contribution in [3.8, 4) is 0 Å². The molecule has 0 aliphatic heterocycles. The van der Waals surface area contributed by atoms with E-state index in [0.717, 1.165) is 12.0 Å². The van der Waals surface area contributed by atoms with E-state index in [1.54, 1.807) is 30.5 Å². The Balaban J connectivity index is 2.11. The van der Waals surface area contributed by atoms with Gasteiger partial charge >= 0.3 is 0 Å². The lowest BCUT2D eigenvalue weighted by Gasteiger charge is -2.10. The summed E-state index contributed by atoms with van der Waals surface area (Å²) in [6, 6.07) is 8.82. The molecule has 2 rings (SSSR count). The lowest BCUT2D eigenvalue weighted by molar-refractivity contribution is 0.593. The average Bonchev–Trinajstić information content (AvgIpc) is 2.44. The van der Waals surface area contributed by atoms with E-state index >= 15 is 0 Å². The summed E-state index contributed by atoms with van der Waals surface area (Å²) in [6.45, 7) is 2.03. The number of rotatable bonds is 5. The summed E-state index contributed by atoms with van der Waals surface area (Å²) in [7, 11) is 0. The van der Waals surface area contributed by atoms with Gasteiger partial charge in [0.2, 0.25) is 0 Å². The van der Waals surface area contributed by atoms with Crippen LogP contribution in [-0.2, 0) is 6.42 Å². The highest BCUT2D eigenvalue weighted by molar-refractivity contribution is 7.99. The van der Waals surface area contributed by atoms with Crippen LogP contribution in [0.25, 0.3) is 0 Å². The zero-order valence-electron chi connectivity index (χ0n) is 11.1. The van der Waals surface area contributed by atoms with Crippen molar-refractivity contribution in [2.75, 3.05) is 0 Å². The van der Waals surface area contributed by atoms with Crippen molar-refractivity contribution < 1.29 is 4.39 Å².